The number of hydrogen-bond acceptors (Lipinski definition) is 1. The molecule has 2 nitrogen and oxygen atoms in total. The van der Waals surface area contributed by atoms with E-state index in [1.165, 1.54) is 60.1 Å². The van der Waals surface area contributed by atoms with E-state index in [4.69, 9.17) is 0 Å². The zero-order valence-electron chi connectivity index (χ0n) is 15.6. The zero-order chi connectivity index (χ0) is 17.3. The second-order valence-corrected chi connectivity index (χ2v) is 8.97. The molecule has 1 aromatic heterocycles. The van der Waals surface area contributed by atoms with Crippen LogP contribution in [0, 0.1) is 5.41 Å². The number of aryl methyl sites for hydroxylation is 2. The number of rotatable bonds is 2. The van der Waals surface area contributed by atoms with Crippen LogP contribution in [0.2, 0.25) is 0 Å². The summed E-state index contributed by atoms with van der Waals surface area (Å²) in [5.41, 5.74) is 9.69. The SMILES string of the molecule is CC1(CN2CCc3c(c4cccc5c4n3-c3ccccc3CC5)C2)CC1. The van der Waals surface area contributed by atoms with E-state index in [1.807, 2.05) is 0 Å². The van der Waals surface area contributed by atoms with Crippen LogP contribution in [0.3, 0.4) is 0 Å². The maximum atomic E-state index is 2.71. The highest BCUT2D eigenvalue weighted by Gasteiger charge is 2.40. The summed E-state index contributed by atoms with van der Waals surface area (Å²) in [7, 11) is 0. The van der Waals surface area contributed by atoms with Crippen molar-refractivity contribution >= 4 is 10.9 Å². The Hall–Kier alpha value is -2.06. The van der Waals surface area contributed by atoms with Crippen LogP contribution in [-0.2, 0) is 25.8 Å². The normalized spacial score (nSPS) is 20.5. The van der Waals surface area contributed by atoms with Crippen molar-refractivity contribution in [3.8, 4) is 5.69 Å². The third-order valence-electron chi connectivity index (χ3n) is 6.94. The molecule has 1 fully saturated rings. The van der Waals surface area contributed by atoms with Crippen LogP contribution in [0.1, 0.15) is 42.1 Å². The summed E-state index contributed by atoms with van der Waals surface area (Å²) in [5, 5.41) is 1.50. The van der Waals surface area contributed by atoms with Crippen LogP contribution in [-0.4, -0.2) is 22.6 Å². The van der Waals surface area contributed by atoms with E-state index in [0.717, 1.165) is 19.4 Å². The Labute approximate surface area is 155 Å². The predicted octanol–water partition coefficient (Wildman–Crippen LogP) is 4.89. The first-order valence-electron chi connectivity index (χ1n) is 10.2. The van der Waals surface area contributed by atoms with Crippen LogP contribution >= 0.6 is 0 Å². The lowest BCUT2D eigenvalue weighted by molar-refractivity contribution is 0.210. The van der Waals surface area contributed by atoms with Crippen LogP contribution in [0.25, 0.3) is 16.6 Å². The fraction of sp³-hybridized carbons (Fsp3) is 0.417. The van der Waals surface area contributed by atoms with Gasteiger partial charge >= 0.3 is 0 Å². The van der Waals surface area contributed by atoms with Crippen LogP contribution in [0.15, 0.2) is 42.5 Å². The van der Waals surface area contributed by atoms with E-state index in [2.05, 4.69) is 58.9 Å². The highest BCUT2D eigenvalue weighted by Crippen LogP contribution is 2.46. The summed E-state index contributed by atoms with van der Waals surface area (Å²) in [5.74, 6) is 0. The minimum atomic E-state index is 0.596. The van der Waals surface area contributed by atoms with Gasteiger partial charge in [-0.05, 0) is 53.9 Å². The molecule has 1 aliphatic carbocycles. The summed E-state index contributed by atoms with van der Waals surface area (Å²) in [4.78, 5) is 2.71. The van der Waals surface area contributed by atoms with Gasteiger partial charge in [-0.2, -0.15) is 0 Å². The van der Waals surface area contributed by atoms with E-state index in [-0.39, 0.29) is 0 Å². The molecule has 6 rings (SSSR count). The zero-order valence-corrected chi connectivity index (χ0v) is 15.6. The molecule has 2 heteroatoms. The van der Waals surface area contributed by atoms with Crippen molar-refractivity contribution in [3.05, 3.63) is 64.8 Å². The smallest absolute Gasteiger partial charge is 0.0567 e. The van der Waals surface area contributed by atoms with Gasteiger partial charge in [0.05, 0.1) is 5.52 Å². The molecular weight excluding hydrogens is 316 g/mol. The second kappa shape index (κ2) is 5.23. The fourth-order valence-corrected chi connectivity index (χ4v) is 5.25. The summed E-state index contributed by atoms with van der Waals surface area (Å²) >= 11 is 0. The topological polar surface area (TPSA) is 8.17 Å². The van der Waals surface area contributed by atoms with Gasteiger partial charge in [0.2, 0.25) is 0 Å². The lowest BCUT2D eigenvalue weighted by Crippen LogP contribution is -2.34. The van der Waals surface area contributed by atoms with E-state index < -0.39 is 0 Å². The first-order valence-corrected chi connectivity index (χ1v) is 10.2. The van der Waals surface area contributed by atoms with Gasteiger partial charge in [0.1, 0.15) is 0 Å². The second-order valence-electron chi connectivity index (χ2n) is 8.97. The van der Waals surface area contributed by atoms with Gasteiger partial charge in [-0.15, -0.1) is 0 Å². The third-order valence-corrected chi connectivity index (χ3v) is 6.94. The molecular formula is C24H26N2. The molecule has 0 unspecified atom stereocenters. The molecule has 3 aromatic rings. The third kappa shape index (κ3) is 2.15. The van der Waals surface area contributed by atoms with Crippen molar-refractivity contribution in [2.24, 2.45) is 5.41 Å². The Kier molecular flexibility index (Phi) is 3.03. The molecule has 0 spiro atoms. The number of nitrogens with zero attached hydrogens (tertiary/aromatic N) is 2. The van der Waals surface area contributed by atoms with E-state index >= 15 is 0 Å². The Morgan fingerprint density at radius 3 is 2.62 bits per heavy atom. The van der Waals surface area contributed by atoms with Gasteiger partial charge in [-0.25, -0.2) is 0 Å². The Bertz CT molecular complexity index is 1020. The van der Waals surface area contributed by atoms with Crippen molar-refractivity contribution in [2.45, 2.75) is 45.6 Å². The highest BCUT2D eigenvalue weighted by molar-refractivity contribution is 5.91. The number of hydrogen-bond donors (Lipinski definition) is 0. The van der Waals surface area contributed by atoms with Crippen LogP contribution in [0.4, 0.5) is 0 Å². The molecule has 1 saturated carbocycles. The first-order chi connectivity index (χ1) is 12.7. The highest BCUT2D eigenvalue weighted by atomic mass is 15.2. The largest absolute Gasteiger partial charge is 0.313 e. The van der Waals surface area contributed by atoms with Crippen molar-refractivity contribution in [2.75, 3.05) is 13.1 Å². The molecule has 2 aliphatic heterocycles. The molecule has 0 bridgehead atoms. The monoisotopic (exact) mass is 342 g/mol. The lowest BCUT2D eigenvalue weighted by Gasteiger charge is -2.30. The maximum absolute atomic E-state index is 2.71. The summed E-state index contributed by atoms with van der Waals surface area (Å²) in [6, 6.07) is 16.0. The molecule has 3 heterocycles. The molecule has 26 heavy (non-hydrogen) atoms. The number of benzene rings is 2. The molecule has 0 radical (unpaired) electrons. The molecule has 3 aliphatic rings. The maximum Gasteiger partial charge on any atom is 0.0567 e. The molecule has 0 atom stereocenters. The minimum absolute atomic E-state index is 0.596. The van der Waals surface area contributed by atoms with E-state index in [1.54, 1.807) is 11.3 Å². The molecule has 0 N–H and O–H groups in total. The van der Waals surface area contributed by atoms with Crippen molar-refractivity contribution < 1.29 is 0 Å². The number of para-hydroxylation sites is 2. The fourth-order valence-electron chi connectivity index (χ4n) is 5.25. The van der Waals surface area contributed by atoms with Gasteiger partial charge in [0.25, 0.3) is 0 Å². The quantitative estimate of drug-likeness (QED) is 0.644. The molecule has 0 saturated heterocycles. The summed E-state index contributed by atoms with van der Waals surface area (Å²) in [6.07, 6.45) is 6.30. The molecule has 0 amide bonds. The number of fused-ring (bicyclic) bond motifs is 5. The lowest BCUT2D eigenvalue weighted by atomic mass is 9.98. The van der Waals surface area contributed by atoms with Gasteiger partial charge < -0.3 is 4.57 Å². The number of aromatic nitrogens is 1. The van der Waals surface area contributed by atoms with Gasteiger partial charge in [0, 0.05) is 42.8 Å². The predicted molar refractivity (Wildman–Crippen MR) is 107 cm³/mol. The van der Waals surface area contributed by atoms with Gasteiger partial charge in [0.15, 0.2) is 0 Å². The van der Waals surface area contributed by atoms with Crippen LogP contribution in [0.5, 0.6) is 0 Å². The van der Waals surface area contributed by atoms with Gasteiger partial charge in [-0.3, -0.25) is 4.90 Å². The standard InChI is InChI=1S/C24H26N2/c1-24(12-13-24)16-25-14-11-22-20(15-25)19-7-4-6-18-10-9-17-5-2-3-8-21(17)26(22)23(18)19/h2-8H,9-16H2,1H3. The Balaban J connectivity index is 1.55. The van der Waals surface area contributed by atoms with Crippen molar-refractivity contribution in [1.29, 1.82) is 0 Å². The molecule has 132 valence electrons. The first kappa shape index (κ1) is 15.0. The summed E-state index contributed by atoms with van der Waals surface area (Å²) in [6.45, 7) is 6.06. The Morgan fingerprint density at radius 2 is 1.73 bits per heavy atom. The van der Waals surface area contributed by atoms with E-state index in [9.17, 15) is 0 Å². The Morgan fingerprint density at radius 1 is 0.923 bits per heavy atom. The average Bonchev–Trinajstić information content (AvgIpc) is 3.33. The van der Waals surface area contributed by atoms with Crippen LogP contribution < -0.4 is 0 Å². The minimum Gasteiger partial charge on any atom is -0.313 e. The van der Waals surface area contributed by atoms with E-state index in [0.29, 0.717) is 5.41 Å². The molecule has 2 aromatic carbocycles. The summed E-state index contributed by atoms with van der Waals surface area (Å²) < 4.78 is 2.62. The van der Waals surface area contributed by atoms with Crippen molar-refractivity contribution in [1.82, 2.24) is 9.47 Å². The van der Waals surface area contributed by atoms with Gasteiger partial charge in [-0.1, -0.05) is 43.3 Å². The van der Waals surface area contributed by atoms with Crippen molar-refractivity contribution in [3.63, 3.8) is 0 Å². The average molecular weight is 342 g/mol.